The number of esters is 1. The fraction of sp³-hybridized carbons (Fsp3) is 0.706. The molecule has 0 aromatic rings. The van der Waals surface area contributed by atoms with E-state index in [9.17, 15) is 44.2 Å². The minimum atomic E-state index is -1.62. The van der Waals surface area contributed by atoms with Crippen molar-refractivity contribution in [2.24, 2.45) is 0 Å². The first-order valence-electron chi connectivity index (χ1n) is 10.2. The van der Waals surface area contributed by atoms with Gasteiger partial charge < -0.3 is 35.5 Å². The number of carboxylic acids is 1. The van der Waals surface area contributed by atoms with Gasteiger partial charge >= 0.3 is 18.0 Å². The minimum absolute atomic E-state index is 0.00600. The van der Waals surface area contributed by atoms with Gasteiger partial charge in [-0.1, -0.05) is 0 Å². The summed E-state index contributed by atoms with van der Waals surface area (Å²) < 4.78 is 4.88. The Kier molecular flexibility index (Phi) is 15.2. The Labute approximate surface area is 197 Å². The van der Waals surface area contributed by atoms with E-state index in [0.717, 1.165) is 6.92 Å². The molecule has 2 atom stereocenters. The van der Waals surface area contributed by atoms with Crippen molar-refractivity contribution in [3.05, 3.63) is 20.2 Å². The number of hydrogen-bond donors (Lipinski definition) is 4. The van der Waals surface area contributed by atoms with Gasteiger partial charge in [-0.25, -0.2) is 9.59 Å². The largest absolute Gasteiger partial charge is 0.481 e. The second kappa shape index (κ2) is 17.3. The van der Waals surface area contributed by atoms with Crippen LogP contribution in [0.3, 0.4) is 0 Å². The molecule has 0 saturated carbocycles. The zero-order valence-corrected chi connectivity index (χ0v) is 18.8. The summed E-state index contributed by atoms with van der Waals surface area (Å²) in [5.74, 6) is -3.57. The van der Waals surface area contributed by atoms with Crippen LogP contribution in [0.25, 0.3) is 0 Å². The summed E-state index contributed by atoms with van der Waals surface area (Å²) in [5, 5.41) is 33.9. The van der Waals surface area contributed by atoms with E-state index >= 15 is 0 Å². The summed E-state index contributed by atoms with van der Waals surface area (Å²) in [5.41, 5.74) is 0. The number of hydrogen-bond acceptors (Lipinski definition) is 12. The van der Waals surface area contributed by atoms with Crippen molar-refractivity contribution in [1.82, 2.24) is 16.0 Å². The number of nitrogens with zero attached hydrogens (tertiary/aromatic N) is 2. The molecule has 4 N–H and O–H groups in total. The summed E-state index contributed by atoms with van der Waals surface area (Å²) in [4.78, 5) is 86.0. The number of aliphatic carboxylic acids is 1. The number of nitrogens with one attached hydrogen (secondary N) is 3. The smallest absolute Gasteiger partial charge is 0.328 e. The molecule has 18 nitrogen and oxygen atoms in total. The summed E-state index contributed by atoms with van der Waals surface area (Å²) in [7, 11) is 0. The van der Waals surface area contributed by atoms with E-state index in [1.54, 1.807) is 0 Å². The van der Waals surface area contributed by atoms with E-state index < -0.39 is 65.2 Å². The first-order valence-corrected chi connectivity index (χ1v) is 10.2. The van der Waals surface area contributed by atoms with Gasteiger partial charge in [-0.05, 0) is 25.7 Å². The number of rotatable bonds is 19. The van der Waals surface area contributed by atoms with E-state index in [2.05, 4.69) is 25.6 Å². The van der Waals surface area contributed by atoms with Crippen molar-refractivity contribution in [2.75, 3.05) is 26.3 Å². The lowest BCUT2D eigenvalue weighted by Gasteiger charge is -2.20. The number of carboxylic acid groups (broad SMARTS) is 1. The summed E-state index contributed by atoms with van der Waals surface area (Å²) in [6.07, 6.45) is -1.12. The van der Waals surface area contributed by atoms with Crippen LogP contribution in [0, 0.1) is 20.2 Å². The zero-order chi connectivity index (χ0) is 26.8. The molecule has 198 valence electrons. The fourth-order valence-corrected chi connectivity index (χ4v) is 2.35. The quantitative estimate of drug-likeness (QED) is 0.0521. The third-order valence-electron chi connectivity index (χ3n) is 3.98. The number of ether oxygens (including phenoxy) is 1. The van der Waals surface area contributed by atoms with Crippen LogP contribution < -0.4 is 16.0 Å². The van der Waals surface area contributed by atoms with Gasteiger partial charge in [-0.2, -0.15) is 0 Å². The highest BCUT2D eigenvalue weighted by molar-refractivity contribution is 6.35. The van der Waals surface area contributed by atoms with Crippen LogP contribution in [-0.2, 0) is 33.6 Å². The van der Waals surface area contributed by atoms with Crippen LogP contribution in [0.1, 0.15) is 39.0 Å². The maximum absolute atomic E-state index is 12.4. The standard InChI is InChI=1S/C17H27N5O13/c1-11(23)15(26)18-7-3-2-5-13(20-17(28)19-8-4-6-14(24)25)16(27)33-9-12(35-22(31)32)10-34-21(29)30/h12-13H,2-10H2,1H3,(H,18,26)(H,24,25)(H2,19,20,28)/t12-,13+/m1/s1. The van der Waals surface area contributed by atoms with E-state index in [0.29, 0.717) is 6.42 Å². The highest BCUT2D eigenvalue weighted by atomic mass is 17.0. The molecule has 0 aliphatic heterocycles. The van der Waals surface area contributed by atoms with Crippen LogP contribution in [0.4, 0.5) is 4.79 Å². The van der Waals surface area contributed by atoms with Gasteiger partial charge in [-0.3, -0.25) is 14.4 Å². The van der Waals surface area contributed by atoms with Crippen molar-refractivity contribution in [3.8, 4) is 0 Å². The molecule has 0 aromatic heterocycles. The van der Waals surface area contributed by atoms with Gasteiger partial charge in [0.2, 0.25) is 5.78 Å². The number of unbranched alkanes of at least 4 members (excludes halogenated alkanes) is 1. The Hall–Kier alpha value is -4.25. The third-order valence-corrected chi connectivity index (χ3v) is 3.98. The molecule has 0 saturated heterocycles. The molecular formula is C17H27N5O13. The molecule has 0 radical (unpaired) electrons. The van der Waals surface area contributed by atoms with Gasteiger partial charge in [-0.15, -0.1) is 20.2 Å². The van der Waals surface area contributed by atoms with Gasteiger partial charge in [0.25, 0.3) is 16.1 Å². The molecule has 18 heteroatoms. The number of Topliss-reactive ketones (excluding diaryl/α,β-unsaturated/α-hetero) is 1. The molecule has 35 heavy (non-hydrogen) atoms. The highest BCUT2D eigenvalue weighted by Crippen LogP contribution is 2.05. The van der Waals surface area contributed by atoms with Gasteiger partial charge in [0.15, 0.2) is 6.10 Å². The second-order valence-corrected chi connectivity index (χ2v) is 6.86. The molecule has 0 aliphatic rings. The van der Waals surface area contributed by atoms with Crippen LogP contribution in [0.15, 0.2) is 0 Å². The topological polar surface area (TPSA) is 256 Å². The molecule has 0 fully saturated rings. The number of urea groups is 1. The summed E-state index contributed by atoms with van der Waals surface area (Å²) >= 11 is 0. The van der Waals surface area contributed by atoms with E-state index in [1.807, 2.05) is 0 Å². The van der Waals surface area contributed by atoms with E-state index in [4.69, 9.17) is 9.84 Å². The van der Waals surface area contributed by atoms with Crippen molar-refractivity contribution < 1.29 is 53.7 Å². The Bertz CT molecular complexity index is 775. The Morgan fingerprint density at radius 3 is 2.17 bits per heavy atom. The Morgan fingerprint density at radius 2 is 1.60 bits per heavy atom. The molecule has 0 heterocycles. The average molecular weight is 509 g/mol. The van der Waals surface area contributed by atoms with Crippen molar-refractivity contribution in [3.63, 3.8) is 0 Å². The zero-order valence-electron chi connectivity index (χ0n) is 18.8. The fourth-order valence-electron chi connectivity index (χ4n) is 2.35. The molecule has 0 unspecified atom stereocenters. The first kappa shape index (κ1) is 30.8. The third kappa shape index (κ3) is 17.0. The molecule has 0 aromatic carbocycles. The van der Waals surface area contributed by atoms with Crippen LogP contribution >= 0.6 is 0 Å². The summed E-state index contributed by atoms with van der Waals surface area (Å²) in [6.45, 7) is -0.514. The molecule has 0 aliphatic carbocycles. The first-order chi connectivity index (χ1) is 16.4. The van der Waals surface area contributed by atoms with Crippen LogP contribution in [0.2, 0.25) is 0 Å². The molecule has 0 spiro atoms. The number of carbonyl (C=O) groups is 5. The minimum Gasteiger partial charge on any atom is -0.481 e. The lowest BCUT2D eigenvalue weighted by atomic mass is 10.1. The molecule has 0 bridgehead atoms. The Balaban J connectivity index is 4.90. The molecular weight excluding hydrogens is 482 g/mol. The van der Waals surface area contributed by atoms with Crippen LogP contribution in [-0.4, -0.2) is 83.4 Å². The van der Waals surface area contributed by atoms with Crippen LogP contribution in [0.5, 0.6) is 0 Å². The average Bonchev–Trinajstić information content (AvgIpc) is 2.76. The number of amides is 3. The predicted octanol–water partition coefficient (Wildman–Crippen LogP) is -1.28. The van der Waals surface area contributed by atoms with E-state index in [1.165, 1.54) is 0 Å². The molecule has 3 amide bonds. The van der Waals surface area contributed by atoms with Crippen molar-refractivity contribution in [2.45, 2.75) is 51.2 Å². The summed E-state index contributed by atoms with van der Waals surface area (Å²) in [6, 6.07) is -2.09. The number of carbonyl (C=O) groups excluding carboxylic acids is 4. The normalized spacial score (nSPS) is 11.8. The highest BCUT2D eigenvalue weighted by Gasteiger charge is 2.25. The maximum Gasteiger partial charge on any atom is 0.328 e. The SMILES string of the molecule is CC(=O)C(=O)NCCCC[C@H](NC(=O)NCCCC(=O)O)C(=O)OC[C@H](CO[N+](=O)[O-])O[N+](=O)[O-]. The van der Waals surface area contributed by atoms with Gasteiger partial charge in [0, 0.05) is 26.4 Å². The number of ketones is 1. The predicted molar refractivity (Wildman–Crippen MR) is 111 cm³/mol. The molecule has 0 rings (SSSR count). The van der Waals surface area contributed by atoms with Crippen molar-refractivity contribution >= 4 is 29.7 Å². The van der Waals surface area contributed by atoms with Crippen molar-refractivity contribution in [1.29, 1.82) is 0 Å². The maximum atomic E-state index is 12.4. The van der Waals surface area contributed by atoms with Gasteiger partial charge in [0.05, 0.1) is 0 Å². The lowest BCUT2D eigenvalue weighted by molar-refractivity contribution is -0.790. The monoisotopic (exact) mass is 509 g/mol. The second-order valence-electron chi connectivity index (χ2n) is 6.86. The van der Waals surface area contributed by atoms with E-state index in [-0.39, 0.29) is 38.8 Å². The lowest BCUT2D eigenvalue weighted by Crippen LogP contribution is -2.47. The Morgan fingerprint density at radius 1 is 0.943 bits per heavy atom. The van der Waals surface area contributed by atoms with Gasteiger partial charge in [0.1, 0.15) is 19.3 Å².